The predicted octanol–water partition coefficient (Wildman–Crippen LogP) is 4.57. The zero-order valence-corrected chi connectivity index (χ0v) is 19.1. The Morgan fingerprint density at radius 3 is 2.56 bits per heavy atom. The lowest BCUT2D eigenvalue weighted by molar-refractivity contribution is -0.145. The maximum atomic E-state index is 12.8. The Bertz CT molecular complexity index is 1050. The summed E-state index contributed by atoms with van der Waals surface area (Å²) < 4.78 is 16.0. The van der Waals surface area contributed by atoms with Gasteiger partial charge in [-0.05, 0) is 61.9 Å². The molecule has 0 atom stereocenters. The molecule has 0 aliphatic carbocycles. The van der Waals surface area contributed by atoms with Gasteiger partial charge in [-0.15, -0.1) is 0 Å². The number of carbonyl (C=O) groups is 3. The topological polar surface area (TPSA) is 82.1 Å². The normalized spacial score (nSPS) is 14.7. The van der Waals surface area contributed by atoms with E-state index in [2.05, 4.69) is 0 Å². The third kappa shape index (κ3) is 5.91. The van der Waals surface area contributed by atoms with E-state index in [1.807, 2.05) is 38.1 Å². The summed E-state index contributed by atoms with van der Waals surface area (Å²) in [5.41, 5.74) is 2.65. The van der Waals surface area contributed by atoms with E-state index in [0.29, 0.717) is 28.6 Å². The van der Waals surface area contributed by atoms with Crippen LogP contribution >= 0.6 is 11.8 Å². The van der Waals surface area contributed by atoms with Gasteiger partial charge in [-0.3, -0.25) is 14.5 Å². The zero-order valence-electron chi connectivity index (χ0n) is 18.3. The monoisotopic (exact) mass is 455 g/mol. The first kappa shape index (κ1) is 23.4. The molecule has 0 aromatic heterocycles. The van der Waals surface area contributed by atoms with E-state index in [1.165, 1.54) is 4.90 Å². The smallest absolute Gasteiger partial charge is 0.344 e. The third-order valence-corrected chi connectivity index (χ3v) is 5.42. The van der Waals surface area contributed by atoms with E-state index >= 15 is 0 Å². The van der Waals surface area contributed by atoms with Crippen molar-refractivity contribution in [3.05, 3.63) is 64.1 Å². The van der Waals surface area contributed by atoms with Crippen LogP contribution in [0.3, 0.4) is 0 Å². The Labute approximate surface area is 191 Å². The van der Waals surface area contributed by atoms with Gasteiger partial charge < -0.3 is 14.2 Å². The predicted molar refractivity (Wildman–Crippen MR) is 122 cm³/mol. The van der Waals surface area contributed by atoms with E-state index in [9.17, 15) is 14.4 Å². The summed E-state index contributed by atoms with van der Waals surface area (Å²) in [5.74, 6) is 0.0255. The molecule has 8 heteroatoms. The number of ether oxygens (including phenoxy) is 3. The highest BCUT2D eigenvalue weighted by atomic mass is 32.2. The molecule has 1 saturated heterocycles. The van der Waals surface area contributed by atoms with Crippen molar-refractivity contribution in [2.24, 2.45) is 0 Å². The molecular formula is C24H25NO6S. The molecule has 0 radical (unpaired) electrons. The van der Waals surface area contributed by atoms with E-state index in [1.54, 1.807) is 31.2 Å². The third-order valence-electron chi connectivity index (χ3n) is 4.51. The molecule has 1 fully saturated rings. The van der Waals surface area contributed by atoms with Crippen molar-refractivity contribution in [3.63, 3.8) is 0 Å². The van der Waals surface area contributed by atoms with Crippen LogP contribution in [0.25, 0.3) is 6.08 Å². The first-order valence-electron chi connectivity index (χ1n) is 10.3. The van der Waals surface area contributed by atoms with Crippen molar-refractivity contribution >= 4 is 35.0 Å². The maximum absolute atomic E-state index is 12.8. The number of aryl methyl sites for hydroxylation is 1. The van der Waals surface area contributed by atoms with Crippen LogP contribution in [0.5, 0.6) is 11.5 Å². The highest BCUT2D eigenvalue weighted by Gasteiger charge is 2.35. The molecule has 0 N–H and O–H groups in total. The summed E-state index contributed by atoms with van der Waals surface area (Å²) in [6.45, 7) is 6.19. The van der Waals surface area contributed by atoms with Crippen molar-refractivity contribution in [3.8, 4) is 11.5 Å². The Kier molecular flexibility index (Phi) is 7.94. The van der Waals surface area contributed by atoms with Gasteiger partial charge in [-0.25, -0.2) is 4.79 Å². The summed E-state index contributed by atoms with van der Waals surface area (Å²) in [6.07, 6.45) is 1.65. The van der Waals surface area contributed by atoms with Gasteiger partial charge in [0.15, 0.2) is 18.1 Å². The van der Waals surface area contributed by atoms with Gasteiger partial charge in [0, 0.05) is 0 Å². The van der Waals surface area contributed by atoms with Crippen LogP contribution in [-0.4, -0.2) is 41.8 Å². The van der Waals surface area contributed by atoms with Crippen LogP contribution in [0.1, 0.15) is 30.5 Å². The molecule has 2 aromatic rings. The lowest BCUT2D eigenvalue weighted by atomic mass is 10.1. The van der Waals surface area contributed by atoms with Gasteiger partial charge in [0.2, 0.25) is 0 Å². The highest BCUT2D eigenvalue weighted by Crippen LogP contribution is 2.35. The summed E-state index contributed by atoms with van der Waals surface area (Å²) >= 11 is 0.908. The van der Waals surface area contributed by atoms with E-state index < -0.39 is 5.97 Å². The minimum absolute atomic E-state index is 0.231. The highest BCUT2D eigenvalue weighted by molar-refractivity contribution is 8.18. The van der Waals surface area contributed by atoms with Crippen molar-refractivity contribution in [1.82, 2.24) is 4.90 Å². The Morgan fingerprint density at radius 2 is 1.84 bits per heavy atom. The summed E-state index contributed by atoms with van der Waals surface area (Å²) in [5, 5.41) is -0.304. The summed E-state index contributed by atoms with van der Waals surface area (Å²) in [7, 11) is 0. The van der Waals surface area contributed by atoms with Crippen molar-refractivity contribution in [2.75, 3.05) is 19.8 Å². The number of amides is 2. The number of benzene rings is 2. The number of imide groups is 1. The SMILES string of the molecule is CCOC(=O)COc1ccc(/C=C2\SC(=O)N(Cc3cccc(C)c3)C2=O)cc1OCC. The van der Waals surface area contributed by atoms with Crippen LogP contribution in [-0.2, 0) is 20.9 Å². The molecule has 1 aliphatic heterocycles. The van der Waals surface area contributed by atoms with Crippen molar-refractivity contribution in [1.29, 1.82) is 0 Å². The lowest BCUT2D eigenvalue weighted by Crippen LogP contribution is -2.27. The zero-order chi connectivity index (χ0) is 23.1. The fourth-order valence-electron chi connectivity index (χ4n) is 3.12. The average Bonchev–Trinajstić information content (AvgIpc) is 3.01. The molecule has 7 nitrogen and oxygen atoms in total. The van der Waals surface area contributed by atoms with Gasteiger partial charge >= 0.3 is 5.97 Å². The Hall–Kier alpha value is -3.26. The number of hydrogen-bond acceptors (Lipinski definition) is 7. The van der Waals surface area contributed by atoms with Crippen LogP contribution in [0.15, 0.2) is 47.4 Å². The van der Waals surface area contributed by atoms with E-state index in [0.717, 1.165) is 22.9 Å². The molecule has 0 saturated carbocycles. The number of thioether (sulfide) groups is 1. The Morgan fingerprint density at radius 1 is 1.03 bits per heavy atom. The minimum atomic E-state index is -0.471. The van der Waals surface area contributed by atoms with Crippen LogP contribution in [0.2, 0.25) is 0 Å². The minimum Gasteiger partial charge on any atom is -0.490 e. The van der Waals surface area contributed by atoms with Crippen LogP contribution in [0, 0.1) is 6.92 Å². The molecule has 1 aliphatic rings. The molecule has 168 valence electrons. The second-order valence-corrected chi connectivity index (χ2v) is 7.98. The summed E-state index contributed by atoms with van der Waals surface area (Å²) in [4.78, 5) is 38.4. The van der Waals surface area contributed by atoms with Gasteiger partial charge in [0.05, 0.1) is 24.7 Å². The number of nitrogens with zero attached hydrogens (tertiary/aromatic N) is 1. The molecule has 0 unspecified atom stereocenters. The standard InChI is InChI=1S/C24H25NO6S/c1-4-29-20-12-17(9-10-19(20)31-15-22(26)30-5-2)13-21-23(27)25(24(28)32-21)14-18-8-6-7-16(3)11-18/h6-13H,4-5,14-15H2,1-3H3/b21-13-. The lowest BCUT2D eigenvalue weighted by Gasteiger charge is -2.13. The first-order valence-corrected chi connectivity index (χ1v) is 11.1. The molecule has 0 bridgehead atoms. The number of hydrogen-bond donors (Lipinski definition) is 0. The fraction of sp³-hybridized carbons (Fsp3) is 0.292. The second-order valence-electron chi connectivity index (χ2n) is 6.99. The largest absolute Gasteiger partial charge is 0.490 e. The molecule has 3 rings (SSSR count). The van der Waals surface area contributed by atoms with Crippen molar-refractivity contribution < 1.29 is 28.6 Å². The number of carbonyl (C=O) groups excluding carboxylic acids is 3. The number of rotatable bonds is 9. The van der Waals surface area contributed by atoms with Crippen LogP contribution in [0.4, 0.5) is 4.79 Å². The Balaban J connectivity index is 1.76. The molecule has 2 aromatic carbocycles. The van der Waals surface area contributed by atoms with Gasteiger partial charge in [-0.1, -0.05) is 35.9 Å². The molecular weight excluding hydrogens is 430 g/mol. The van der Waals surface area contributed by atoms with Gasteiger partial charge in [-0.2, -0.15) is 0 Å². The molecule has 2 amide bonds. The van der Waals surface area contributed by atoms with Crippen LogP contribution < -0.4 is 9.47 Å². The second kappa shape index (κ2) is 10.9. The van der Waals surface area contributed by atoms with Gasteiger partial charge in [0.1, 0.15) is 0 Å². The molecule has 0 spiro atoms. The maximum Gasteiger partial charge on any atom is 0.344 e. The van der Waals surface area contributed by atoms with Gasteiger partial charge in [0.25, 0.3) is 11.1 Å². The van der Waals surface area contributed by atoms with E-state index in [4.69, 9.17) is 14.2 Å². The molecule has 32 heavy (non-hydrogen) atoms. The van der Waals surface area contributed by atoms with Crippen molar-refractivity contribution in [2.45, 2.75) is 27.3 Å². The fourth-order valence-corrected chi connectivity index (χ4v) is 3.96. The quantitative estimate of drug-likeness (QED) is 0.405. The first-order chi connectivity index (χ1) is 15.4. The molecule has 1 heterocycles. The summed E-state index contributed by atoms with van der Waals surface area (Å²) in [6, 6.07) is 12.8. The number of esters is 1. The average molecular weight is 456 g/mol. The van der Waals surface area contributed by atoms with E-state index in [-0.39, 0.29) is 30.9 Å².